The summed E-state index contributed by atoms with van der Waals surface area (Å²) in [6, 6.07) is 7.87. The molecule has 0 amide bonds. The van der Waals surface area contributed by atoms with Gasteiger partial charge in [0.25, 0.3) is 0 Å². The quantitative estimate of drug-likeness (QED) is 0.901. The van der Waals surface area contributed by atoms with E-state index in [1.165, 1.54) is 6.07 Å². The third-order valence-electron chi connectivity index (χ3n) is 2.22. The second-order valence-corrected chi connectivity index (χ2v) is 3.73. The first-order valence-electron chi connectivity index (χ1n) is 5.71. The average molecular weight is 247 g/mol. The van der Waals surface area contributed by atoms with Gasteiger partial charge in [0.15, 0.2) is 11.6 Å². The van der Waals surface area contributed by atoms with Gasteiger partial charge in [0, 0.05) is 18.3 Å². The van der Waals surface area contributed by atoms with Crippen molar-refractivity contribution in [3.8, 4) is 11.6 Å². The van der Waals surface area contributed by atoms with E-state index >= 15 is 0 Å². The van der Waals surface area contributed by atoms with E-state index in [-0.39, 0.29) is 5.75 Å². The van der Waals surface area contributed by atoms with Crippen molar-refractivity contribution >= 4 is 5.95 Å². The summed E-state index contributed by atoms with van der Waals surface area (Å²) in [5, 5.41) is 2.99. The first-order chi connectivity index (χ1) is 8.69. The first-order valence-corrected chi connectivity index (χ1v) is 5.71. The molecule has 18 heavy (non-hydrogen) atoms. The van der Waals surface area contributed by atoms with Crippen molar-refractivity contribution in [3.05, 3.63) is 41.8 Å². The summed E-state index contributed by atoms with van der Waals surface area (Å²) in [6.45, 7) is 4.49. The summed E-state index contributed by atoms with van der Waals surface area (Å²) >= 11 is 0. The number of para-hydroxylation sites is 1. The van der Waals surface area contributed by atoms with Crippen LogP contribution in [0.5, 0.6) is 11.6 Å². The number of nitrogens with zero attached hydrogens (tertiary/aromatic N) is 2. The molecule has 0 aliphatic heterocycles. The highest BCUT2D eigenvalue weighted by Crippen LogP contribution is 2.23. The molecule has 2 rings (SSSR count). The van der Waals surface area contributed by atoms with Crippen LogP contribution in [0.25, 0.3) is 0 Å². The smallest absolute Gasteiger partial charge is 0.226 e. The van der Waals surface area contributed by atoms with Crippen molar-refractivity contribution < 1.29 is 9.13 Å². The molecule has 0 atom stereocenters. The zero-order valence-electron chi connectivity index (χ0n) is 10.3. The van der Waals surface area contributed by atoms with Crippen LogP contribution in [-0.4, -0.2) is 16.5 Å². The lowest BCUT2D eigenvalue weighted by molar-refractivity contribution is 0.426. The second kappa shape index (κ2) is 5.44. The predicted molar refractivity (Wildman–Crippen MR) is 67.4 cm³/mol. The predicted octanol–water partition coefficient (Wildman–Crippen LogP) is 3.15. The number of aryl methyl sites for hydroxylation is 1. The lowest BCUT2D eigenvalue weighted by Crippen LogP contribution is -2.04. The van der Waals surface area contributed by atoms with Crippen molar-refractivity contribution in [2.75, 3.05) is 11.9 Å². The zero-order chi connectivity index (χ0) is 13.0. The number of aromatic nitrogens is 2. The fourth-order valence-electron chi connectivity index (χ4n) is 1.47. The van der Waals surface area contributed by atoms with Crippen LogP contribution in [0.3, 0.4) is 0 Å². The Labute approximate surface area is 105 Å². The number of rotatable bonds is 4. The molecule has 0 aliphatic rings. The van der Waals surface area contributed by atoms with Gasteiger partial charge < -0.3 is 10.1 Å². The molecular weight excluding hydrogens is 233 g/mol. The van der Waals surface area contributed by atoms with Crippen LogP contribution in [-0.2, 0) is 0 Å². The molecule has 0 bridgehead atoms. The fraction of sp³-hybridized carbons (Fsp3) is 0.231. The molecule has 1 aromatic carbocycles. The Hall–Kier alpha value is -2.17. The van der Waals surface area contributed by atoms with Gasteiger partial charge in [0.2, 0.25) is 11.8 Å². The van der Waals surface area contributed by atoms with Crippen LogP contribution in [0.15, 0.2) is 30.3 Å². The van der Waals surface area contributed by atoms with E-state index in [1.54, 1.807) is 24.3 Å². The number of halogens is 1. The molecule has 0 fully saturated rings. The Morgan fingerprint density at radius 3 is 2.78 bits per heavy atom. The molecule has 5 heteroatoms. The molecule has 0 radical (unpaired) electrons. The minimum atomic E-state index is -0.418. The normalized spacial score (nSPS) is 10.2. The van der Waals surface area contributed by atoms with Crippen LogP contribution in [0.1, 0.15) is 12.6 Å². The van der Waals surface area contributed by atoms with Crippen molar-refractivity contribution in [2.45, 2.75) is 13.8 Å². The highest BCUT2D eigenvalue weighted by Gasteiger charge is 2.07. The standard InChI is InChI=1S/C13H14FN3O/c1-3-15-13-16-9(2)8-12(17-13)18-11-7-5-4-6-10(11)14/h4-8H,3H2,1-2H3,(H,15,16,17). The molecule has 0 unspecified atom stereocenters. The minimum Gasteiger partial charge on any atom is -0.436 e. The Balaban J connectivity index is 2.26. The van der Waals surface area contributed by atoms with Crippen LogP contribution < -0.4 is 10.1 Å². The first kappa shape index (κ1) is 12.3. The Morgan fingerprint density at radius 2 is 2.06 bits per heavy atom. The number of hydrogen-bond acceptors (Lipinski definition) is 4. The monoisotopic (exact) mass is 247 g/mol. The summed E-state index contributed by atoms with van der Waals surface area (Å²) < 4.78 is 18.9. The van der Waals surface area contributed by atoms with Gasteiger partial charge in [-0.25, -0.2) is 9.37 Å². The summed E-state index contributed by atoms with van der Waals surface area (Å²) in [5.74, 6) is 0.532. The highest BCUT2D eigenvalue weighted by molar-refractivity contribution is 5.34. The number of nitrogens with one attached hydrogen (secondary N) is 1. The number of hydrogen-bond donors (Lipinski definition) is 1. The third-order valence-corrected chi connectivity index (χ3v) is 2.22. The van der Waals surface area contributed by atoms with Crippen molar-refractivity contribution in [1.29, 1.82) is 0 Å². The van der Waals surface area contributed by atoms with Gasteiger partial charge >= 0.3 is 0 Å². The molecule has 1 N–H and O–H groups in total. The van der Waals surface area contributed by atoms with Crippen molar-refractivity contribution in [2.24, 2.45) is 0 Å². The third kappa shape index (κ3) is 2.94. The highest BCUT2D eigenvalue weighted by atomic mass is 19.1. The lowest BCUT2D eigenvalue weighted by atomic mass is 10.3. The zero-order valence-corrected chi connectivity index (χ0v) is 10.3. The molecule has 0 aliphatic carbocycles. The average Bonchev–Trinajstić information content (AvgIpc) is 2.32. The molecule has 4 nitrogen and oxygen atoms in total. The topological polar surface area (TPSA) is 47.0 Å². The van der Waals surface area contributed by atoms with E-state index in [0.717, 1.165) is 5.69 Å². The van der Waals surface area contributed by atoms with E-state index in [9.17, 15) is 4.39 Å². The Morgan fingerprint density at radius 1 is 1.28 bits per heavy atom. The molecule has 0 saturated heterocycles. The van der Waals surface area contributed by atoms with Crippen LogP contribution in [0.2, 0.25) is 0 Å². The van der Waals surface area contributed by atoms with E-state index in [1.807, 2.05) is 13.8 Å². The van der Waals surface area contributed by atoms with Gasteiger partial charge in [-0.05, 0) is 26.0 Å². The Bertz CT molecular complexity index is 546. The van der Waals surface area contributed by atoms with Gasteiger partial charge in [-0.15, -0.1) is 0 Å². The summed E-state index contributed by atoms with van der Waals surface area (Å²) in [7, 11) is 0. The van der Waals surface area contributed by atoms with E-state index in [2.05, 4.69) is 15.3 Å². The molecule has 2 aromatic rings. The second-order valence-electron chi connectivity index (χ2n) is 3.73. The van der Waals surface area contributed by atoms with E-state index in [4.69, 9.17) is 4.74 Å². The number of benzene rings is 1. The van der Waals surface area contributed by atoms with Crippen LogP contribution >= 0.6 is 0 Å². The Kier molecular flexibility index (Phi) is 3.72. The SMILES string of the molecule is CCNc1nc(C)cc(Oc2ccccc2F)n1. The van der Waals surface area contributed by atoms with Gasteiger partial charge in [-0.3, -0.25) is 0 Å². The molecule has 94 valence electrons. The lowest BCUT2D eigenvalue weighted by Gasteiger charge is -2.08. The van der Waals surface area contributed by atoms with Gasteiger partial charge in [0.05, 0.1) is 0 Å². The van der Waals surface area contributed by atoms with Crippen LogP contribution in [0, 0.1) is 12.7 Å². The van der Waals surface area contributed by atoms with E-state index in [0.29, 0.717) is 18.4 Å². The fourth-order valence-corrected chi connectivity index (χ4v) is 1.47. The van der Waals surface area contributed by atoms with Crippen molar-refractivity contribution in [1.82, 2.24) is 9.97 Å². The molecule has 1 aromatic heterocycles. The summed E-state index contributed by atoms with van der Waals surface area (Å²) in [5.41, 5.74) is 0.757. The molecule has 0 saturated carbocycles. The van der Waals surface area contributed by atoms with Gasteiger partial charge in [0.1, 0.15) is 0 Å². The number of ether oxygens (including phenoxy) is 1. The molecule has 0 spiro atoms. The van der Waals surface area contributed by atoms with Crippen LogP contribution in [0.4, 0.5) is 10.3 Å². The van der Waals surface area contributed by atoms with Gasteiger partial charge in [-0.2, -0.15) is 4.98 Å². The van der Waals surface area contributed by atoms with Gasteiger partial charge in [-0.1, -0.05) is 12.1 Å². The summed E-state index contributed by atoms with van der Waals surface area (Å²) in [6.07, 6.45) is 0. The maximum absolute atomic E-state index is 13.4. The summed E-state index contributed by atoms with van der Waals surface area (Å²) in [4.78, 5) is 8.34. The maximum Gasteiger partial charge on any atom is 0.226 e. The molecular formula is C13H14FN3O. The minimum absolute atomic E-state index is 0.151. The largest absolute Gasteiger partial charge is 0.436 e. The molecule has 1 heterocycles. The number of anilines is 1. The van der Waals surface area contributed by atoms with Crippen molar-refractivity contribution in [3.63, 3.8) is 0 Å². The maximum atomic E-state index is 13.4. The van der Waals surface area contributed by atoms with E-state index < -0.39 is 5.82 Å².